The first-order chi connectivity index (χ1) is 12.3. The summed E-state index contributed by atoms with van der Waals surface area (Å²) in [7, 11) is 0. The van der Waals surface area contributed by atoms with E-state index in [2.05, 4.69) is 6.08 Å². The van der Waals surface area contributed by atoms with Crippen LogP contribution in [0.15, 0.2) is 57.3 Å². The molecule has 0 aliphatic carbocycles. The van der Waals surface area contributed by atoms with Gasteiger partial charge in [-0.15, -0.1) is 0 Å². The van der Waals surface area contributed by atoms with Gasteiger partial charge in [-0.25, -0.2) is 0 Å². The number of phenolic OH excluding ortho intramolecular Hbond substituents is 3. The van der Waals surface area contributed by atoms with Crippen molar-refractivity contribution in [2.24, 2.45) is 0 Å². The zero-order chi connectivity index (χ0) is 18.8. The number of hydrogen-bond donors (Lipinski definition) is 3. The fourth-order valence-electron chi connectivity index (χ4n) is 2.85. The molecule has 3 N–H and O–H groups in total. The van der Waals surface area contributed by atoms with Gasteiger partial charge in [-0.05, 0) is 50.5 Å². The highest BCUT2D eigenvalue weighted by molar-refractivity contribution is 5.86. The van der Waals surface area contributed by atoms with E-state index in [0.717, 1.165) is 18.1 Å². The first-order valence-corrected chi connectivity index (χ1v) is 8.30. The number of phenols is 3. The van der Waals surface area contributed by atoms with E-state index in [4.69, 9.17) is 4.42 Å². The summed E-state index contributed by atoms with van der Waals surface area (Å²) < 4.78 is 5.71. The van der Waals surface area contributed by atoms with E-state index in [1.807, 2.05) is 13.8 Å². The van der Waals surface area contributed by atoms with Gasteiger partial charge in [-0.3, -0.25) is 4.79 Å². The zero-order valence-electron chi connectivity index (χ0n) is 14.6. The van der Waals surface area contributed by atoms with Crippen LogP contribution in [0.1, 0.15) is 25.8 Å². The minimum absolute atomic E-state index is 0.0223. The quantitative estimate of drug-likeness (QED) is 0.602. The summed E-state index contributed by atoms with van der Waals surface area (Å²) in [6.45, 7) is 4.04. The average molecular weight is 352 g/mol. The molecule has 0 bridgehead atoms. The van der Waals surface area contributed by atoms with Crippen molar-refractivity contribution in [3.63, 3.8) is 0 Å². The van der Waals surface area contributed by atoms with Gasteiger partial charge in [0, 0.05) is 23.8 Å². The molecule has 0 aliphatic heterocycles. The zero-order valence-corrected chi connectivity index (χ0v) is 14.6. The highest BCUT2D eigenvalue weighted by Gasteiger charge is 2.13. The molecule has 0 saturated carbocycles. The normalized spacial score (nSPS) is 10.8. The minimum Gasteiger partial charge on any atom is -0.508 e. The molecular formula is C21H20O5. The molecule has 2 aromatic carbocycles. The van der Waals surface area contributed by atoms with Crippen LogP contribution in [0.4, 0.5) is 0 Å². The standard InChI is InChI=1S/C21H20O5/c1-12(2)4-3-5-13-8-14(6-7-16(13)23)19-11-18(25)21-17(24)9-15(22)10-20(21)26-19/h4,6-11,22-24H,3,5H2,1-2H3. The lowest BCUT2D eigenvalue weighted by atomic mass is 10.0. The summed E-state index contributed by atoms with van der Waals surface area (Å²) in [6, 6.07) is 8.69. The van der Waals surface area contributed by atoms with Crippen molar-refractivity contribution in [1.29, 1.82) is 0 Å². The monoisotopic (exact) mass is 352 g/mol. The Morgan fingerprint density at radius 2 is 1.81 bits per heavy atom. The summed E-state index contributed by atoms with van der Waals surface area (Å²) in [5.74, 6) is -0.0258. The molecule has 0 atom stereocenters. The number of rotatable bonds is 4. The van der Waals surface area contributed by atoms with Gasteiger partial charge in [0.1, 0.15) is 34.0 Å². The van der Waals surface area contributed by atoms with Crippen LogP contribution in [0, 0.1) is 0 Å². The van der Waals surface area contributed by atoms with Crippen molar-refractivity contribution in [3.8, 4) is 28.6 Å². The van der Waals surface area contributed by atoms with E-state index < -0.39 is 5.43 Å². The summed E-state index contributed by atoms with van der Waals surface area (Å²) in [6.07, 6.45) is 3.54. The highest BCUT2D eigenvalue weighted by Crippen LogP contribution is 2.32. The van der Waals surface area contributed by atoms with Gasteiger partial charge in [0.25, 0.3) is 0 Å². The molecule has 0 radical (unpaired) electrons. The van der Waals surface area contributed by atoms with Gasteiger partial charge in [-0.2, -0.15) is 0 Å². The smallest absolute Gasteiger partial charge is 0.197 e. The number of aryl methyl sites for hydroxylation is 1. The second-order valence-corrected chi connectivity index (χ2v) is 6.48. The Morgan fingerprint density at radius 1 is 1.04 bits per heavy atom. The van der Waals surface area contributed by atoms with Gasteiger partial charge in [0.15, 0.2) is 5.43 Å². The van der Waals surface area contributed by atoms with E-state index in [1.54, 1.807) is 18.2 Å². The van der Waals surface area contributed by atoms with Gasteiger partial charge >= 0.3 is 0 Å². The SMILES string of the molecule is CC(C)=CCCc1cc(-c2cc(=O)c3c(O)cc(O)cc3o2)ccc1O. The van der Waals surface area contributed by atoms with Crippen molar-refractivity contribution >= 4 is 11.0 Å². The van der Waals surface area contributed by atoms with Crippen LogP contribution in [0.5, 0.6) is 17.2 Å². The van der Waals surface area contributed by atoms with E-state index in [9.17, 15) is 20.1 Å². The third kappa shape index (κ3) is 3.57. The third-order valence-electron chi connectivity index (χ3n) is 4.12. The van der Waals surface area contributed by atoms with E-state index >= 15 is 0 Å². The molecule has 5 nitrogen and oxygen atoms in total. The highest BCUT2D eigenvalue weighted by atomic mass is 16.3. The molecule has 0 spiro atoms. The van der Waals surface area contributed by atoms with Gasteiger partial charge in [0.05, 0.1) is 0 Å². The number of aromatic hydroxyl groups is 3. The molecule has 3 rings (SSSR count). The molecule has 0 fully saturated rings. The summed E-state index contributed by atoms with van der Waals surface area (Å²) in [5, 5.41) is 29.6. The maximum absolute atomic E-state index is 12.3. The van der Waals surface area contributed by atoms with E-state index in [1.165, 1.54) is 17.7 Å². The molecule has 1 aromatic heterocycles. The molecule has 1 heterocycles. The summed E-state index contributed by atoms with van der Waals surface area (Å²) in [4.78, 5) is 12.3. The van der Waals surface area contributed by atoms with Crippen molar-refractivity contribution in [2.45, 2.75) is 26.7 Å². The molecular weight excluding hydrogens is 332 g/mol. The van der Waals surface area contributed by atoms with Crippen molar-refractivity contribution in [1.82, 2.24) is 0 Å². The Labute approximate surface area is 150 Å². The molecule has 0 unspecified atom stereocenters. The fourth-order valence-corrected chi connectivity index (χ4v) is 2.85. The van der Waals surface area contributed by atoms with Crippen molar-refractivity contribution in [3.05, 3.63) is 63.8 Å². The number of fused-ring (bicyclic) bond motifs is 1. The first kappa shape index (κ1) is 17.6. The Hall–Kier alpha value is -3.21. The van der Waals surface area contributed by atoms with Crippen LogP contribution in [-0.4, -0.2) is 15.3 Å². The molecule has 0 aliphatic rings. The van der Waals surface area contributed by atoms with Crippen LogP contribution in [0.25, 0.3) is 22.3 Å². The molecule has 26 heavy (non-hydrogen) atoms. The van der Waals surface area contributed by atoms with Crippen molar-refractivity contribution in [2.75, 3.05) is 0 Å². The Kier molecular flexibility index (Phi) is 4.71. The lowest BCUT2D eigenvalue weighted by Gasteiger charge is -2.08. The lowest BCUT2D eigenvalue weighted by Crippen LogP contribution is -2.01. The van der Waals surface area contributed by atoms with Gasteiger partial charge in [-0.1, -0.05) is 11.6 Å². The van der Waals surface area contributed by atoms with E-state index in [-0.39, 0.29) is 28.2 Å². The predicted octanol–water partition coefficient (Wildman–Crippen LogP) is 4.48. The maximum atomic E-state index is 12.3. The Balaban J connectivity index is 2.06. The first-order valence-electron chi connectivity index (χ1n) is 8.30. The summed E-state index contributed by atoms with van der Waals surface area (Å²) in [5.41, 5.74) is 2.29. The third-order valence-corrected chi connectivity index (χ3v) is 4.12. The lowest BCUT2D eigenvalue weighted by molar-refractivity contribution is 0.452. The second kappa shape index (κ2) is 6.96. The Bertz CT molecular complexity index is 1060. The topological polar surface area (TPSA) is 90.9 Å². The second-order valence-electron chi connectivity index (χ2n) is 6.48. The fraction of sp³-hybridized carbons (Fsp3) is 0.190. The average Bonchev–Trinajstić information content (AvgIpc) is 2.55. The van der Waals surface area contributed by atoms with Crippen LogP contribution >= 0.6 is 0 Å². The van der Waals surface area contributed by atoms with Crippen LogP contribution in [0.2, 0.25) is 0 Å². The van der Waals surface area contributed by atoms with Gasteiger partial charge in [0.2, 0.25) is 0 Å². The molecule has 134 valence electrons. The molecule has 0 amide bonds. The minimum atomic E-state index is -0.405. The largest absolute Gasteiger partial charge is 0.508 e. The van der Waals surface area contributed by atoms with Gasteiger partial charge < -0.3 is 19.7 Å². The predicted molar refractivity (Wildman–Crippen MR) is 101 cm³/mol. The molecule has 5 heteroatoms. The molecule has 0 saturated heterocycles. The Morgan fingerprint density at radius 3 is 2.54 bits per heavy atom. The number of allylic oxidation sites excluding steroid dienone is 2. The van der Waals surface area contributed by atoms with Crippen LogP contribution < -0.4 is 5.43 Å². The van der Waals surface area contributed by atoms with Crippen LogP contribution in [-0.2, 0) is 6.42 Å². The summed E-state index contributed by atoms with van der Waals surface area (Å²) >= 11 is 0. The number of benzene rings is 2. The van der Waals surface area contributed by atoms with Crippen molar-refractivity contribution < 1.29 is 19.7 Å². The number of hydrogen-bond acceptors (Lipinski definition) is 5. The van der Waals surface area contributed by atoms with E-state index in [0.29, 0.717) is 17.7 Å². The molecule has 3 aromatic rings. The van der Waals surface area contributed by atoms with Crippen LogP contribution in [0.3, 0.4) is 0 Å². The maximum Gasteiger partial charge on any atom is 0.197 e.